The fraction of sp³-hybridized carbons (Fsp3) is 0.571. The van der Waals surface area contributed by atoms with Crippen LogP contribution in [-0.2, 0) is 25.5 Å². The molecule has 1 saturated carbocycles. The van der Waals surface area contributed by atoms with Crippen LogP contribution in [-0.4, -0.2) is 55.5 Å². The highest BCUT2D eigenvalue weighted by molar-refractivity contribution is 5.88. The average Bonchev–Trinajstić information content (AvgIpc) is 3.36. The van der Waals surface area contributed by atoms with E-state index in [1.165, 1.54) is 0 Å². The molecule has 2 fully saturated rings. The first-order valence-corrected chi connectivity index (χ1v) is 9.93. The molecular formula is C21H28N2O5. The van der Waals surface area contributed by atoms with E-state index >= 15 is 0 Å². The maximum Gasteiger partial charge on any atom is 0.311 e. The number of methoxy groups -OCH3 is 1. The zero-order valence-corrected chi connectivity index (χ0v) is 16.3. The molecule has 0 unspecified atom stereocenters. The third-order valence-electron chi connectivity index (χ3n) is 5.51. The summed E-state index contributed by atoms with van der Waals surface area (Å²) >= 11 is 0. The van der Waals surface area contributed by atoms with E-state index < -0.39 is 11.9 Å². The van der Waals surface area contributed by atoms with E-state index in [0.717, 1.165) is 37.0 Å². The van der Waals surface area contributed by atoms with Gasteiger partial charge in [0.25, 0.3) is 5.91 Å². The summed E-state index contributed by atoms with van der Waals surface area (Å²) in [5.74, 6) is -0.473. The standard InChI is InChI=1S/C21H28N2O5/c1-27-18-9-5-2-6-15(18)10-11-22-19(24)14-28-21(26)16-12-20(25)23(13-16)17-7-3-4-8-17/h2,5-6,9,16-17H,3-4,7-8,10-14H2,1H3,(H,22,24)/t16-/m1/s1. The Morgan fingerprint density at radius 2 is 1.96 bits per heavy atom. The number of amides is 2. The largest absolute Gasteiger partial charge is 0.496 e. The number of para-hydroxylation sites is 1. The number of hydrogen-bond donors (Lipinski definition) is 1. The number of benzene rings is 1. The predicted octanol–water partition coefficient (Wildman–Crippen LogP) is 1.69. The molecular weight excluding hydrogens is 360 g/mol. The molecule has 0 bridgehead atoms. The summed E-state index contributed by atoms with van der Waals surface area (Å²) in [7, 11) is 1.61. The number of nitrogens with zero attached hydrogens (tertiary/aromatic N) is 1. The van der Waals surface area contributed by atoms with Gasteiger partial charge in [-0.1, -0.05) is 31.0 Å². The number of carbonyl (C=O) groups is 3. The lowest BCUT2D eigenvalue weighted by atomic mass is 10.1. The number of ether oxygens (including phenoxy) is 2. The quantitative estimate of drug-likeness (QED) is 0.685. The summed E-state index contributed by atoms with van der Waals surface area (Å²) in [4.78, 5) is 38.2. The van der Waals surface area contributed by atoms with Crippen molar-refractivity contribution in [2.24, 2.45) is 5.92 Å². The van der Waals surface area contributed by atoms with Gasteiger partial charge in [-0.3, -0.25) is 14.4 Å². The van der Waals surface area contributed by atoms with Crippen molar-refractivity contribution in [2.75, 3.05) is 26.8 Å². The summed E-state index contributed by atoms with van der Waals surface area (Å²) in [5, 5.41) is 2.74. The van der Waals surface area contributed by atoms with Crippen LogP contribution < -0.4 is 10.1 Å². The molecule has 1 N–H and O–H groups in total. The van der Waals surface area contributed by atoms with E-state index in [4.69, 9.17) is 9.47 Å². The minimum absolute atomic E-state index is 0.0232. The lowest BCUT2D eigenvalue weighted by molar-refractivity contribution is -0.152. The predicted molar refractivity (Wildman–Crippen MR) is 103 cm³/mol. The van der Waals surface area contributed by atoms with Gasteiger partial charge in [0.05, 0.1) is 13.0 Å². The van der Waals surface area contributed by atoms with Gasteiger partial charge in [-0.15, -0.1) is 0 Å². The van der Waals surface area contributed by atoms with Crippen molar-refractivity contribution in [3.8, 4) is 5.75 Å². The minimum atomic E-state index is -0.464. The second kappa shape index (κ2) is 9.57. The molecule has 0 radical (unpaired) electrons. The highest BCUT2D eigenvalue weighted by Crippen LogP contribution is 2.29. The first kappa shape index (κ1) is 20.2. The van der Waals surface area contributed by atoms with E-state index in [2.05, 4.69) is 5.32 Å². The van der Waals surface area contributed by atoms with Crippen molar-refractivity contribution < 1.29 is 23.9 Å². The maximum atomic E-state index is 12.2. The Morgan fingerprint density at radius 1 is 1.21 bits per heavy atom. The molecule has 7 nitrogen and oxygen atoms in total. The highest BCUT2D eigenvalue weighted by atomic mass is 16.5. The van der Waals surface area contributed by atoms with E-state index in [1.54, 1.807) is 7.11 Å². The van der Waals surface area contributed by atoms with Gasteiger partial charge >= 0.3 is 5.97 Å². The third-order valence-corrected chi connectivity index (χ3v) is 5.51. The van der Waals surface area contributed by atoms with Crippen molar-refractivity contribution in [1.82, 2.24) is 10.2 Å². The summed E-state index contributed by atoms with van der Waals surface area (Å²) < 4.78 is 10.4. The Hall–Kier alpha value is -2.57. The molecule has 1 aliphatic carbocycles. The molecule has 1 atom stereocenters. The normalized spacial score (nSPS) is 19.7. The van der Waals surface area contributed by atoms with Crippen molar-refractivity contribution >= 4 is 17.8 Å². The maximum absolute atomic E-state index is 12.2. The van der Waals surface area contributed by atoms with Gasteiger partial charge in [0.2, 0.25) is 5.91 Å². The van der Waals surface area contributed by atoms with Crippen LogP contribution in [0.1, 0.15) is 37.7 Å². The molecule has 1 aromatic rings. The van der Waals surface area contributed by atoms with Crippen LogP contribution in [0.25, 0.3) is 0 Å². The molecule has 2 aliphatic rings. The van der Waals surface area contributed by atoms with Crippen LogP contribution in [0.2, 0.25) is 0 Å². The number of esters is 1. The Balaban J connectivity index is 1.37. The molecule has 152 valence electrons. The molecule has 1 heterocycles. The molecule has 0 spiro atoms. The molecule has 28 heavy (non-hydrogen) atoms. The fourth-order valence-corrected chi connectivity index (χ4v) is 4.01. The molecule has 1 aliphatic heterocycles. The number of hydrogen-bond acceptors (Lipinski definition) is 5. The summed E-state index contributed by atoms with van der Waals surface area (Å²) in [5.41, 5.74) is 0.999. The summed E-state index contributed by atoms with van der Waals surface area (Å²) in [6, 6.07) is 7.89. The monoisotopic (exact) mass is 388 g/mol. The average molecular weight is 388 g/mol. The smallest absolute Gasteiger partial charge is 0.311 e. The van der Waals surface area contributed by atoms with E-state index in [1.807, 2.05) is 29.2 Å². The van der Waals surface area contributed by atoms with Gasteiger partial charge < -0.3 is 19.7 Å². The van der Waals surface area contributed by atoms with Crippen LogP contribution in [0.3, 0.4) is 0 Å². The van der Waals surface area contributed by atoms with Gasteiger partial charge in [-0.2, -0.15) is 0 Å². The van der Waals surface area contributed by atoms with Crippen LogP contribution in [0.4, 0.5) is 0 Å². The SMILES string of the molecule is COc1ccccc1CCNC(=O)COC(=O)[C@@H]1CC(=O)N(C2CCCC2)C1. The van der Waals surface area contributed by atoms with Gasteiger partial charge in [0.1, 0.15) is 5.75 Å². The number of rotatable bonds is 8. The molecule has 3 rings (SSSR count). The van der Waals surface area contributed by atoms with Crippen molar-refractivity contribution in [3.05, 3.63) is 29.8 Å². The molecule has 7 heteroatoms. The molecule has 0 aromatic heterocycles. The lowest BCUT2D eigenvalue weighted by Crippen LogP contribution is -2.35. The van der Waals surface area contributed by atoms with Crippen molar-refractivity contribution in [1.29, 1.82) is 0 Å². The minimum Gasteiger partial charge on any atom is -0.496 e. The second-order valence-corrected chi connectivity index (χ2v) is 7.40. The molecule has 1 aromatic carbocycles. The van der Waals surface area contributed by atoms with E-state index in [0.29, 0.717) is 19.5 Å². The van der Waals surface area contributed by atoms with Gasteiger partial charge in [0.15, 0.2) is 6.61 Å². The van der Waals surface area contributed by atoms with Gasteiger partial charge in [-0.05, 0) is 30.9 Å². The highest BCUT2D eigenvalue weighted by Gasteiger charge is 2.39. The Morgan fingerprint density at radius 3 is 2.71 bits per heavy atom. The summed E-state index contributed by atoms with van der Waals surface area (Å²) in [6.45, 7) is 0.519. The van der Waals surface area contributed by atoms with E-state index in [-0.39, 0.29) is 30.9 Å². The second-order valence-electron chi connectivity index (χ2n) is 7.40. The number of nitrogens with one attached hydrogen (secondary N) is 1. The van der Waals surface area contributed by atoms with Crippen LogP contribution in [0, 0.1) is 5.92 Å². The Kier molecular flexibility index (Phi) is 6.90. The molecule has 2 amide bonds. The van der Waals surface area contributed by atoms with Crippen LogP contribution in [0.5, 0.6) is 5.75 Å². The fourth-order valence-electron chi connectivity index (χ4n) is 4.01. The third kappa shape index (κ3) is 5.03. The van der Waals surface area contributed by atoms with Crippen molar-refractivity contribution in [3.63, 3.8) is 0 Å². The zero-order valence-electron chi connectivity index (χ0n) is 16.3. The molecule has 1 saturated heterocycles. The Labute approximate surface area is 165 Å². The van der Waals surface area contributed by atoms with Gasteiger partial charge in [-0.25, -0.2) is 0 Å². The first-order chi connectivity index (χ1) is 13.6. The Bertz CT molecular complexity index is 715. The van der Waals surface area contributed by atoms with Crippen LogP contribution >= 0.6 is 0 Å². The van der Waals surface area contributed by atoms with E-state index in [9.17, 15) is 14.4 Å². The van der Waals surface area contributed by atoms with Crippen molar-refractivity contribution in [2.45, 2.75) is 44.6 Å². The van der Waals surface area contributed by atoms with Crippen LogP contribution in [0.15, 0.2) is 24.3 Å². The first-order valence-electron chi connectivity index (χ1n) is 9.93. The topological polar surface area (TPSA) is 84.9 Å². The number of likely N-dealkylation sites (tertiary alicyclic amines) is 1. The summed E-state index contributed by atoms with van der Waals surface area (Å²) in [6.07, 6.45) is 5.11. The zero-order chi connectivity index (χ0) is 19.9. The number of carbonyl (C=O) groups excluding carboxylic acids is 3. The van der Waals surface area contributed by atoms with Gasteiger partial charge in [0, 0.05) is 25.6 Å². The lowest BCUT2D eigenvalue weighted by Gasteiger charge is -2.23.